The van der Waals surface area contributed by atoms with E-state index in [0.717, 1.165) is 14.5 Å². The number of ketones is 1. The van der Waals surface area contributed by atoms with Gasteiger partial charge in [-0.1, -0.05) is 31.9 Å². The Balaban J connectivity index is 2.23. The molecule has 1 heterocycles. The SMILES string of the molecule is O=C(Cc1ccncc1)c1cc(Br)ccc1Br. The summed E-state index contributed by atoms with van der Waals surface area (Å²) < 4.78 is 1.72. The number of nitrogens with zero attached hydrogens (tertiary/aromatic N) is 1. The number of pyridine rings is 1. The molecule has 0 spiro atoms. The van der Waals surface area contributed by atoms with Crippen molar-refractivity contribution in [1.82, 2.24) is 4.98 Å². The average Bonchev–Trinajstić information content (AvgIpc) is 2.33. The molecule has 1 aromatic heterocycles. The second kappa shape index (κ2) is 5.56. The Labute approximate surface area is 116 Å². The Bertz CT molecular complexity index is 540. The Hall–Kier alpha value is -1.000. The van der Waals surface area contributed by atoms with Crippen LogP contribution in [-0.4, -0.2) is 10.8 Å². The molecule has 0 fully saturated rings. The molecule has 1 aromatic carbocycles. The molecule has 2 rings (SSSR count). The van der Waals surface area contributed by atoms with E-state index in [0.29, 0.717) is 12.0 Å². The summed E-state index contributed by atoms with van der Waals surface area (Å²) >= 11 is 6.76. The lowest BCUT2D eigenvalue weighted by Gasteiger charge is -2.04. The summed E-state index contributed by atoms with van der Waals surface area (Å²) in [6, 6.07) is 9.29. The van der Waals surface area contributed by atoms with Crippen LogP contribution in [0.4, 0.5) is 0 Å². The zero-order chi connectivity index (χ0) is 12.3. The number of Topliss-reactive ketones (excluding diaryl/α,β-unsaturated/α-hetero) is 1. The molecule has 0 unspecified atom stereocenters. The molecular weight excluding hydrogens is 346 g/mol. The normalized spacial score (nSPS) is 10.2. The monoisotopic (exact) mass is 353 g/mol. The van der Waals surface area contributed by atoms with Gasteiger partial charge in [0, 0.05) is 33.3 Å². The minimum atomic E-state index is 0.0874. The highest BCUT2D eigenvalue weighted by molar-refractivity contribution is 9.11. The van der Waals surface area contributed by atoms with Crippen LogP contribution in [0.5, 0.6) is 0 Å². The van der Waals surface area contributed by atoms with Gasteiger partial charge in [-0.15, -0.1) is 0 Å². The molecule has 17 heavy (non-hydrogen) atoms. The van der Waals surface area contributed by atoms with E-state index in [9.17, 15) is 4.79 Å². The number of halogens is 2. The van der Waals surface area contributed by atoms with Gasteiger partial charge in [-0.05, 0) is 35.9 Å². The maximum atomic E-state index is 12.1. The van der Waals surface area contributed by atoms with Crippen molar-refractivity contribution in [2.75, 3.05) is 0 Å². The number of rotatable bonds is 3. The van der Waals surface area contributed by atoms with Gasteiger partial charge in [0.05, 0.1) is 0 Å². The third kappa shape index (κ3) is 3.23. The van der Waals surface area contributed by atoms with E-state index < -0.39 is 0 Å². The van der Waals surface area contributed by atoms with E-state index >= 15 is 0 Å². The quantitative estimate of drug-likeness (QED) is 0.779. The zero-order valence-corrected chi connectivity index (χ0v) is 12.0. The first-order valence-corrected chi connectivity index (χ1v) is 6.62. The average molecular weight is 355 g/mol. The molecular formula is C13H9Br2NO. The number of carbonyl (C=O) groups is 1. The standard InChI is InChI=1S/C13H9Br2NO/c14-10-1-2-12(15)11(8-10)13(17)7-9-3-5-16-6-4-9/h1-6,8H,7H2. The predicted molar refractivity (Wildman–Crippen MR) is 74.1 cm³/mol. The van der Waals surface area contributed by atoms with Crippen LogP contribution in [0.25, 0.3) is 0 Å². The molecule has 2 nitrogen and oxygen atoms in total. The van der Waals surface area contributed by atoms with E-state index in [4.69, 9.17) is 0 Å². The van der Waals surface area contributed by atoms with Crippen molar-refractivity contribution in [3.8, 4) is 0 Å². The first-order chi connectivity index (χ1) is 8.16. The minimum Gasteiger partial charge on any atom is -0.294 e. The van der Waals surface area contributed by atoms with Crippen molar-refractivity contribution < 1.29 is 4.79 Å². The van der Waals surface area contributed by atoms with E-state index in [-0.39, 0.29) is 5.78 Å². The second-order valence-corrected chi connectivity index (χ2v) is 5.35. The van der Waals surface area contributed by atoms with Crippen molar-refractivity contribution in [1.29, 1.82) is 0 Å². The minimum absolute atomic E-state index is 0.0874. The molecule has 0 aliphatic heterocycles. The van der Waals surface area contributed by atoms with Crippen molar-refractivity contribution in [3.05, 3.63) is 62.8 Å². The Morgan fingerprint density at radius 1 is 1.12 bits per heavy atom. The first kappa shape index (κ1) is 12.5. The van der Waals surface area contributed by atoms with Crippen LogP contribution in [-0.2, 0) is 6.42 Å². The number of benzene rings is 1. The molecule has 0 amide bonds. The molecule has 0 N–H and O–H groups in total. The number of carbonyl (C=O) groups excluding carboxylic acids is 1. The molecule has 0 radical (unpaired) electrons. The molecule has 2 aromatic rings. The third-order valence-corrected chi connectivity index (χ3v) is 3.53. The van der Waals surface area contributed by atoms with Crippen LogP contribution < -0.4 is 0 Å². The van der Waals surface area contributed by atoms with Gasteiger partial charge in [-0.25, -0.2) is 0 Å². The Kier molecular flexibility index (Phi) is 4.07. The fourth-order valence-electron chi connectivity index (χ4n) is 1.49. The summed E-state index contributed by atoms with van der Waals surface area (Å²) in [5, 5.41) is 0. The van der Waals surface area contributed by atoms with Gasteiger partial charge in [0.1, 0.15) is 0 Å². The third-order valence-electron chi connectivity index (χ3n) is 2.34. The molecule has 0 bridgehead atoms. The van der Waals surface area contributed by atoms with E-state index in [2.05, 4.69) is 36.8 Å². The summed E-state index contributed by atoms with van der Waals surface area (Å²) in [5.41, 5.74) is 1.66. The van der Waals surface area contributed by atoms with Crippen LogP contribution in [0.15, 0.2) is 51.7 Å². The Morgan fingerprint density at radius 3 is 2.53 bits per heavy atom. The molecule has 0 saturated heterocycles. The number of hydrogen-bond donors (Lipinski definition) is 0. The van der Waals surface area contributed by atoms with Crippen LogP contribution in [0.2, 0.25) is 0 Å². The van der Waals surface area contributed by atoms with Crippen LogP contribution in [0, 0.1) is 0 Å². The smallest absolute Gasteiger partial charge is 0.168 e. The summed E-state index contributed by atoms with van der Waals surface area (Å²) in [7, 11) is 0. The molecule has 0 saturated carbocycles. The van der Waals surface area contributed by atoms with Crippen LogP contribution in [0.1, 0.15) is 15.9 Å². The maximum absolute atomic E-state index is 12.1. The molecule has 86 valence electrons. The first-order valence-electron chi connectivity index (χ1n) is 5.04. The molecule has 0 aliphatic rings. The van der Waals surface area contributed by atoms with Gasteiger partial charge >= 0.3 is 0 Å². The van der Waals surface area contributed by atoms with E-state index in [1.807, 2.05) is 30.3 Å². The van der Waals surface area contributed by atoms with Crippen LogP contribution >= 0.6 is 31.9 Å². The van der Waals surface area contributed by atoms with Gasteiger partial charge in [-0.2, -0.15) is 0 Å². The maximum Gasteiger partial charge on any atom is 0.168 e. The fraction of sp³-hybridized carbons (Fsp3) is 0.0769. The van der Waals surface area contributed by atoms with Crippen molar-refractivity contribution in [2.45, 2.75) is 6.42 Å². The fourth-order valence-corrected chi connectivity index (χ4v) is 2.32. The largest absolute Gasteiger partial charge is 0.294 e. The van der Waals surface area contributed by atoms with Gasteiger partial charge in [0.15, 0.2) is 5.78 Å². The van der Waals surface area contributed by atoms with Gasteiger partial charge in [0.25, 0.3) is 0 Å². The molecule has 0 atom stereocenters. The highest BCUT2D eigenvalue weighted by Gasteiger charge is 2.11. The lowest BCUT2D eigenvalue weighted by atomic mass is 10.0. The van der Waals surface area contributed by atoms with Gasteiger partial charge in [-0.3, -0.25) is 9.78 Å². The van der Waals surface area contributed by atoms with E-state index in [1.54, 1.807) is 12.4 Å². The van der Waals surface area contributed by atoms with Gasteiger partial charge < -0.3 is 0 Å². The van der Waals surface area contributed by atoms with E-state index in [1.165, 1.54) is 0 Å². The lowest BCUT2D eigenvalue weighted by molar-refractivity contribution is 0.0992. The summed E-state index contributed by atoms with van der Waals surface area (Å²) in [5.74, 6) is 0.0874. The zero-order valence-electron chi connectivity index (χ0n) is 8.86. The highest BCUT2D eigenvalue weighted by atomic mass is 79.9. The second-order valence-electron chi connectivity index (χ2n) is 3.58. The topological polar surface area (TPSA) is 30.0 Å². The number of aromatic nitrogens is 1. The van der Waals surface area contributed by atoms with Gasteiger partial charge in [0.2, 0.25) is 0 Å². The van der Waals surface area contributed by atoms with Crippen LogP contribution in [0.3, 0.4) is 0 Å². The van der Waals surface area contributed by atoms with Crippen molar-refractivity contribution in [3.63, 3.8) is 0 Å². The van der Waals surface area contributed by atoms with Crippen molar-refractivity contribution in [2.24, 2.45) is 0 Å². The predicted octanol–water partition coefficient (Wildman–Crippen LogP) is 4.03. The molecule has 4 heteroatoms. The number of hydrogen-bond acceptors (Lipinski definition) is 2. The summed E-state index contributed by atoms with van der Waals surface area (Å²) in [4.78, 5) is 16.0. The molecule has 0 aliphatic carbocycles. The Morgan fingerprint density at radius 2 is 1.82 bits per heavy atom. The van der Waals surface area contributed by atoms with Crippen molar-refractivity contribution >= 4 is 37.6 Å². The summed E-state index contributed by atoms with van der Waals surface area (Å²) in [6.07, 6.45) is 3.77. The lowest BCUT2D eigenvalue weighted by Crippen LogP contribution is -2.04. The summed E-state index contributed by atoms with van der Waals surface area (Å²) in [6.45, 7) is 0. The highest BCUT2D eigenvalue weighted by Crippen LogP contribution is 2.23.